The molecule has 3 N–H and O–H groups in total. The molecule has 0 saturated heterocycles. The Morgan fingerprint density at radius 1 is 0.375 bits per heavy atom. The van der Waals surface area contributed by atoms with Crippen molar-refractivity contribution in [3.63, 3.8) is 0 Å². The molecular formula is C102H133Cl4MoN6O5W2-3. The van der Waals surface area contributed by atoms with Crippen molar-refractivity contribution in [3.05, 3.63) is 305 Å². The quantitative estimate of drug-likeness (QED) is 0.102. The third kappa shape index (κ3) is 40.2. The van der Waals surface area contributed by atoms with Crippen LogP contribution in [-0.4, -0.2) is 42.7 Å². The van der Waals surface area contributed by atoms with Gasteiger partial charge in [0.15, 0.2) is 0 Å². The van der Waals surface area contributed by atoms with Crippen LogP contribution >= 0.6 is 46.4 Å². The van der Waals surface area contributed by atoms with Crippen LogP contribution in [0.2, 0.25) is 20.1 Å². The van der Waals surface area contributed by atoms with Gasteiger partial charge in [0.05, 0.1) is 13.2 Å². The molecule has 0 atom stereocenters. The van der Waals surface area contributed by atoms with Gasteiger partial charge in [-0.2, -0.15) is 34.2 Å². The number of phenolic OH excluding ortho intramolecular Hbond substituents is 3. The molecular weight excluding hydrogens is 1990 g/mol. The number of aryl methyl sites for hydroxylation is 6. The summed E-state index contributed by atoms with van der Waals surface area (Å²) in [6.07, 6.45) is 0. The molecule has 0 amide bonds. The third-order valence-corrected chi connectivity index (χ3v) is 29.0. The van der Waals surface area contributed by atoms with Gasteiger partial charge >= 0.3 is 374 Å². The van der Waals surface area contributed by atoms with Crippen LogP contribution in [0.15, 0.2) is 217 Å². The Morgan fingerprint density at radius 3 is 0.967 bits per heavy atom. The first kappa shape index (κ1) is 107. The van der Waals surface area contributed by atoms with Gasteiger partial charge in [0.25, 0.3) is 0 Å². The molecule has 0 spiro atoms. The van der Waals surface area contributed by atoms with Gasteiger partial charge in [-0.15, -0.1) is 0 Å². The van der Waals surface area contributed by atoms with E-state index in [2.05, 4.69) is 229 Å². The van der Waals surface area contributed by atoms with E-state index in [1.807, 2.05) is 199 Å². The van der Waals surface area contributed by atoms with Gasteiger partial charge in [0, 0.05) is 30.9 Å². The van der Waals surface area contributed by atoms with E-state index in [9.17, 15) is 15.3 Å². The van der Waals surface area contributed by atoms with E-state index in [4.69, 9.17) is 59.4 Å². The van der Waals surface area contributed by atoms with Crippen LogP contribution in [0, 0.1) is 52.4 Å². The normalized spacial score (nSPS) is 11.1. The Bertz CT molecular complexity index is 4770. The molecule has 3 heterocycles. The fourth-order valence-electron chi connectivity index (χ4n) is 11.1. The predicted octanol–water partition coefficient (Wildman–Crippen LogP) is 29.9. The number of benzene rings is 8. The number of hydrogen-bond donors (Lipinski definition) is 3. The summed E-state index contributed by atoms with van der Waals surface area (Å²) in [6, 6.07) is 67.9. The van der Waals surface area contributed by atoms with Crippen LogP contribution in [-0.2, 0) is 98.1 Å². The minimum atomic E-state index is -0.850. The van der Waals surface area contributed by atoms with E-state index in [1.165, 1.54) is 22.4 Å². The molecule has 0 aliphatic carbocycles. The van der Waals surface area contributed by atoms with E-state index in [0.717, 1.165) is 84.5 Å². The SMILES string of the molecule is CC(C)(C)[CH]=[W]=[N]c1c(Cl)cccc1Cl.CC(C)(C)[CH]=[W]=[N]c1c(Cl)cccc1Cl.CC(C)(C)c1cccc(-c2ccccc2)c1O.CC(C)c1cccc(C(C)C)c1[N]=[Mo]=[CH]C(C)(C)c1ccccc1.COCc1cccc(C(C)(C)C)c1O.COCc1cccc(C(C)(C)C)c1O.Cc1ccc(C)[n-]1.Cc1ccc(C)[n-]1.Cc1ccc(C)[n-]1. The minimum absolute atomic E-state index is 0.0339. The molecule has 0 bridgehead atoms. The van der Waals surface area contributed by atoms with Gasteiger partial charge < -0.3 is 39.7 Å². The van der Waals surface area contributed by atoms with Crippen molar-refractivity contribution in [1.29, 1.82) is 0 Å². The van der Waals surface area contributed by atoms with Gasteiger partial charge in [-0.3, -0.25) is 0 Å². The maximum Gasteiger partial charge on any atom is 0.124 e. The zero-order valence-electron chi connectivity index (χ0n) is 76.5. The number of aromatic nitrogens is 3. The average molecular weight is 2130 g/mol. The molecule has 3 aromatic heterocycles. The Balaban J connectivity index is 0.000000357. The Morgan fingerprint density at radius 2 is 0.675 bits per heavy atom. The van der Waals surface area contributed by atoms with Gasteiger partial charge in [0.2, 0.25) is 0 Å². The predicted molar refractivity (Wildman–Crippen MR) is 505 cm³/mol. The first-order valence-corrected chi connectivity index (χ1v) is 49.9. The van der Waals surface area contributed by atoms with Crippen molar-refractivity contribution in [2.75, 3.05) is 14.2 Å². The van der Waals surface area contributed by atoms with E-state index in [1.54, 1.807) is 14.2 Å². The first-order valence-electron chi connectivity index (χ1n) is 40.3. The average Bonchev–Trinajstić information content (AvgIpc) is 0.943. The molecule has 0 aliphatic heterocycles. The maximum atomic E-state index is 10.4. The molecule has 0 aliphatic rings. The van der Waals surface area contributed by atoms with Crippen molar-refractivity contribution >= 4 is 76.7 Å². The van der Waals surface area contributed by atoms with Crippen molar-refractivity contribution in [2.45, 2.75) is 234 Å². The number of ether oxygens (including phenoxy) is 2. The van der Waals surface area contributed by atoms with E-state index in [-0.39, 0.29) is 32.5 Å². The molecule has 0 saturated carbocycles. The molecule has 0 radical (unpaired) electrons. The van der Waals surface area contributed by atoms with Crippen LogP contribution in [0.4, 0.5) is 17.1 Å². The number of aromatic hydroxyl groups is 3. The molecule has 11 nitrogen and oxygen atoms in total. The van der Waals surface area contributed by atoms with Crippen LogP contribution < -0.4 is 15.0 Å². The summed E-state index contributed by atoms with van der Waals surface area (Å²) in [5.74, 6) is 2.14. The summed E-state index contributed by atoms with van der Waals surface area (Å²) in [4.78, 5) is 12.3. The molecule has 650 valence electrons. The number of methoxy groups -OCH3 is 2. The molecule has 18 heteroatoms. The van der Waals surface area contributed by atoms with Crippen molar-refractivity contribution in [2.24, 2.45) is 21.3 Å². The number of hydrogen-bond acceptors (Lipinski definition) is 8. The molecule has 8 aromatic carbocycles. The smallest absolute Gasteiger partial charge is 0.124 e. The maximum absolute atomic E-state index is 10.4. The fraction of sp³-hybridized carbons (Fsp3) is 0.382. The number of halogens is 4. The summed E-state index contributed by atoms with van der Waals surface area (Å²) in [5, 5.41) is 32.9. The van der Waals surface area contributed by atoms with Crippen LogP contribution in [0.5, 0.6) is 17.2 Å². The summed E-state index contributed by atoms with van der Waals surface area (Å²) >= 11 is 21.8. The van der Waals surface area contributed by atoms with Crippen molar-refractivity contribution in [3.8, 4) is 28.4 Å². The van der Waals surface area contributed by atoms with Crippen molar-refractivity contribution < 1.29 is 78.6 Å². The Kier molecular flexibility index (Phi) is 46.6. The fourth-order valence-corrected chi connectivity index (χ4v) is 19.6. The number of nitrogens with zero attached hydrogens (tertiary/aromatic N) is 6. The standard InChI is InChI=1S/C16H18O.C12H17N.2C12H18O2.C10H12.2C6H3Cl2N.3C6H8N.2C5H10.Mo.2W/c1-16(2,3)14-11-7-10-13(15(14)17)12-8-5-4-6-9-12;1-8(2)10-6-5-7-11(9(3)4)12(10)13;2*1-12(2,3)10-7-5-6-9(8-14-4)11(10)13;1-10(2,3)9-7-5-4-6-8-9;2*7-4-2-1-3-5(8)6(4)9;3*1-5-3-4-6(2)7-5;2*1-5(2,3)4;;;/h4-11,17H,1-3H3;5-9H,1-4H3;2*5-7,13H,8H2,1-4H3;1,4-8H,2-3H3;2*1-3H;3*3-4H,1-2H3;2*1H,2-4H3;;;/q;;;;;;;3*-1;;;;;. The molecule has 120 heavy (non-hydrogen) atoms. The molecule has 0 fully saturated rings. The number of para-hydroxylation sites is 3. The second kappa shape index (κ2) is 52.1. The number of rotatable bonds is 12. The largest absolute Gasteiger partial charge is 0.665 e. The molecule has 11 rings (SSSR count). The minimum Gasteiger partial charge on any atom is -0.665 e. The first-order chi connectivity index (χ1) is 55.9. The van der Waals surface area contributed by atoms with E-state index >= 15 is 0 Å². The van der Waals surface area contributed by atoms with Gasteiger partial charge in [0.1, 0.15) is 17.2 Å². The van der Waals surface area contributed by atoms with Crippen LogP contribution in [0.3, 0.4) is 0 Å². The van der Waals surface area contributed by atoms with E-state index in [0.29, 0.717) is 62.4 Å². The Labute approximate surface area is 765 Å². The third-order valence-electron chi connectivity index (χ3n) is 17.5. The summed E-state index contributed by atoms with van der Waals surface area (Å²) < 4.78 is 31.3. The van der Waals surface area contributed by atoms with Gasteiger partial charge in [-0.25, -0.2) is 0 Å². The summed E-state index contributed by atoms with van der Waals surface area (Å²) in [5.41, 5.74) is 20.6. The van der Waals surface area contributed by atoms with Gasteiger partial charge in [-0.1, -0.05) is 225 Å². The topological polar surface area (TPSA) is 159 Å². The zero-order valence-corrected chi connectivity index (χ0v) is 87.4. The molecule has 11 aromatic rings. The number of phenols is 3. The second-order valence-electron chi connectivity index (χ2n) is 35.5. The van der Waals surface area contributed by atoms with Crippen LogP contribution in [0.25, 0.3) is 11.1 Å². The zero-order chi connectivity index (χ0) is 90.5. The van der Waals surface area contributed by atoms with Crippen molar-refractivity contribution in [1.82, 2.24) is 15.0 Å². The van der Waals surface area contributed by atoms with E-state index < -0.39 is 53.8 Å². The summed E-state index contributed by atoms with van der Waals surface area (Å²) in [7, 11) is 3.26. The monoisotopic (exact) mass is 2130 g/mol. The Hall–Kier alpha value is -6.85. The van der Waals surface area contributed by atoms with Gasteiger partial charge in [-0.05, 0) is 38.5 Å². The molecule has 0 unspecified atom stereocenters. The van der Waals surface area contributed by atoms with Crippen LogP contribution in [0.1, 0.15) is 236 Å². The summed E-state index contributed by atoms with van der Waals surface area (Å²) in [6.45, 7) is 58.4. The second-order valence-corrected chi connectivity index (χ2v) is 43.2.